The number of hydrogen-bond acceptors (Lipinski definition) is 2. The second-order valence-electron chi connectivity index (χ2n) is 3.62. The van der Waals surface area contributed by atoms with Gasteiger partial charge < -0.3 is 5.11 Å². The molecule has 0 bridgehead atoms. The van der Waals surface area contributed by atoms with Gasteiger partial charge >= 0.3 is 5.97 Å². The first kappa shape index (κ1) is 9.71. The molecule has 1 heterocycles. The molecule has 3 nitrogen and oxygen atoms in total. The number of aryl methyl sites for hydroxylation is 1. The van der Waals surface area contributed by atoms with Crippen molar-refractivity contribution in [2.45, 2.75) is 26.2 Å². The molecule has 0 amide bonds. The number of carboxylic acids is 1. The van der Waals surface area contributed by atoms with Crippen molar-refractivity contribution in [1.29, 1.82) is 0 Å². The maximum Gasteiger partial charge on any atom is 0.313 e. The third kappa shape index (κ3) is 1.69. The van der Waals surface area contributed by atoms with Gasteiger partial charge in [-0.25, -0.2) is 0 Å². The molecular weight excluding hydrogens is 166 g/mol. The maximum atomic E-state index is 10.9. The van der Waals surface area contributed by atoms with Gasteiger partial charge in [0.2, 0.25) is 0 Å². The third-order valence-corrected chi connectivity index (χ3v) is 2.25. The van der Waals surface area contributed by atoms with Crippen LogP contribution < -0.4 is 0 Å². The Labute approximate surface area is 77.4 Å². The largest absolute Gasteiger partial charge is 0.481 e. The van der Waals surface area contributed by atoms with Crippen LogP contribution in [0.4, 0.5) is 0 Å². The Balaban J connectivity index is 3.22. The molecule has 1 N–H and O–H groups in total. The third-order valence-electron chi connectivity index (χ3n) is 2.25. The van der Waals surface area contributed by atoms with Gasteiger partial charge in [-0.15, -0.1) is 0 Å². The van der Waals surface area contributed by atoms with Crippen LogP contribution in [0.5, 0.6) is 0 Å². The Morgan fingerprint density at radius 3 is 2.62 bits per heavy atom. The number of pyridine rings is 1. The molecule has 0 saturated heterocycles. The summed E-state index contributed by atoms with van der Waals surface area (Å²) in [6.07, 6.45) is 3.28. The second kappa shape index (κ2) is 3.17. The van der Waals surface area contributed by atoms with Crippen molar-refractivity contribution in [1.82, 2.24) is 4.98 Å². The first-order chi connectivity index (χ1) is 5.96. The molecule has 0 radical (unpaired) electrons. The lowest BCUT2D eigenvalue weighted by molar-refractivity contribution is -0.142. The molecule has 0 atom stereocenters. The van der Waals surface area contributed by atoms with Crippen molar-refractivity contribution < 1.29 is 9.90 Å². The first-order valence-electron chi connectivity index (χ1n) is 4.10. The lowest BCUT2D eigenvalue weighted by atomic mass is 9.83. The highest BCUT2D eigenvalue weighted by Gasteiger charge is 2.30. The molecule has 0 fully saturated rings. The number of aliphatic carboxylic acids is 1. The van der Waals surface area contributed by atoms with E-state index in [9.17, 15) is 4.79 Å². The Morgan fingerprint density at radius 1 is 1.54 bits per heavy atom. The van der Waals surface area contributed by atoms with Gasteiger partial charge in [-0.2, -0.15) is 0 Å². The zero-order valence-corrected chi connectivity index (χ0v) is 8.03. The van der Waals surface area contributed by atoms with E-state index in [1.165, 1.54) is 0 Å². The number of carboxylic acid groups (broad SMARTS) is 1. The van der Waals surface area contributed by atoms with Crippen molar-refractivity contribution >= 4 is 5.97 Å². The van der Waals surface area contributed by atoms with Crippen LogP contribution in [0.25, 0.3) is 0 Å². The highest BCUT2D eigenvalue weighted by Crippen LogP contribution is 2.25. The molecule has 0 spiro atoms. The topological polar surface area (TPSA) is 50.2 Å². The van der Waals surface area contributed by atoms with E-state index in [1.807, 2.05) is 13.0 Å². The fraction of sp³-hybridized carbons (Fsp3) is 0.400. The summed E-state index contributed by atoms with van der Waals surface area (Å²) >= 11 is 0. The Bertz CT molecular complexity index is 331. The van der Waals surface area contributed by atoms with E-state index in [0.29, 0.717) is 0 Å². The summed E-state index contributed by atoms with van der Waals surface area (Å²) in [5.74, 6) is -0.830. The van der Waals surface area contributed by atoms with E-state index in [-0.39, 0.29) is 0 Å². The Morgan fingerprint density at radius 2 is 2.15 bits per heavy atom. The van der Waals surface area contributed by atoms with Crippen LogP contribution in [-0.2, 0) is 10.2 Å². The average Bonchev–Trinajstić information content (AvgIpc) is 2.04. The summed E-state index contributed by atoms with van der Waals surface area (Å²) in [7, 11) is 0. The monoisotopic (exact) mass is 179 g/mol. The Kier molecular flexibility index (Phi) is 2.36. The zero-order valence-electron chi connectivity index (χ0n) is 8.03. The zero-order chi connectivity index (χ0) is 10.1. The lowest BCUT2D eigenvalue weighted by Crippen LogP contribution is -2.29. The summed E-state index contributed by atoms with van der Waals surface area (Å²) in [6, 6.07) is 1.82. The van der Waals surface area contributed by atoms with Crippen LogP contribution >= 0.6 is 0 Å². The normalized spacial score (nSPS) is 11.3. The summed E-state index contributed by atoms with van der Waals surface area (Å²) in [6.45, 7) is 5.25. The fourth-order valence-electron chi connectivity index (χ4n) is 1.23. The smallest absolute Gasteiger partial charge is 0.313 e. The predicted molar refractivity (Wildman–Crippen MR) is 49.6 cm³/mol. The maximum absolute atomic E-state index is 10.9. The summed E-state index contributed by atoms with van der Waals surface area (Å²) in [5, 5.41) is 8.99. The van der Waals surface area contributed by atoms with Crippen molar-refractivity contribution in [2.24, 2.45) is 0 Å². The summed E-state index contributed by atoms with van der Waals surface area (Å²) in [5.41, 5.74) is 0.864. The fourth-order valence-corrected chi connectivity index (χ4v) is 1.23. The SMILES string of the molecule is Cc1ccncc1C(C)(C)C(=O)O. The molecule has 0 aliphatic rings. The minimum absolute atomic E-state index is 0.766. The molecule has 1 aromatic heterocycles. The summed E-state index contributed by atoms with van der Waals surface area (Å²) in [4.78, 5) is 14.9. The molecule has 1 rings (SSSR count). The van der Waals surface area contributed by atoms with Gasteiger partial charge in [-0.05, 0) is 38.0 Å². The van der Waals surface area contributed by atoms with Crippen molar-refractivity contribution in [2.75, 3.05) is 0 Å². The van der Waals surface area contributed by atoms with Gasteiger partial charge in [-0.1, -0.05) is 0 Å². The molecule has 0 saturated carbocycles. The van der Waals surface area contributed by atoms with E-state index in [2.05, 4.69) is 4.98 Å². The summed E-state index contributed by atoms with van der Waals surface area (Å²) < 4.78 is 0. The van der Waals surface area contributed by atoms with Crippen LogP contribution in [0, 0.1) is 6.92 Å². The highest BCUT2D eigenvalue weighted by molar-refractivity contribution is 5.80. The van der Waals surface area contributed by atoms with Gasteiger partial charge in [-0.3, -0.25) is 9.78 Å². The molecule has 0 aromatic carbocycles. The van der Waals surface area contributed by atoms with Crippen molar-refractivity contribution in [3.05, 3.63) is 29.6 Å². The number of carbonyl (C=O) groups is 1. The average molecular weight is 179 g/mol. The van der Waals surface area contributed by atoms with Crippen LogP contribution in [0.2, 0.25) is 0 Å². The van der Waals surface area contributed by atoms with Crippen LogP contribution in [0.15, 0.2) is 18.5 Å². The molecule has 0 aliphatic heterocycles. The van der Waals surface area contributed by atoms with E-state index in [4.69, 9.17) is 5.11 Å². The first-order valence-corrected chi connectivity index (χ1v) is 4.10. The van der Waals surface area contributed by atoms with Gasteiger partial charge in [0.1, 0.15) is 0 Å². The molecule has 70 valence electrons. The number of rotatable bonds is 2. The van der Waals surface area contributed by atoms with Gasteiger partial charge in [0.25, 0.3) is 0 Å². The Hall–Kier alpha value is -1.38. The standard InChI is InChI=1S/C10H13NO2/c1-7-4-5-11-6-8(7)10(2,3)9(12)13/h4-6H,1-3H3,(H,12,13). The second-order valence-corrected chi connectivity index (χ2v) is 3.62. The van der Waals surface area contributed by atoms with Crippen LogP contribution in [0.3, 0.4) is 0 Å². The van der Waals surface area contributed by atoms with E-state index >= 15 is 0 Å². The minimum atomic E-state index is -0.863. The number of nitrogens with zero attached hydrogens (tertiary/aromatic N) is 1. The van der Waals surface area contributed by atoms with Crippen molar-refractivity contribution in [3.8, 4) is 0 Å². The van der Waals surface area contributed by atoms with E-state index < -0.39 is 11.4 Å². The number of aromatic nitrogens is 1. The quantitative estimate of drug-likeness (QED) is 0.752. The van der Waals surface area contributed by atoms with Gasteiger partial charge in [0.15, 0.2) is 0 Å². The molecule has 3 heteroatoms. The molecule has 0 unspecified atom stereocenters. The highest BCUT2D eigenvalue weighted by atomic mass is 16.4. The van der Waals surface area contributed by atoms with Gasteiger partial charge in [0.05, 0.1) is 5.41 Å². The predicted octanol–water partition coefficient (Wildman–Crippen LogP) is 1.75. The van der Waals surface area contributed by atoms with E-state index in [0.717, 1.165) is 11.1 Å². The van der Waals surface area contributed by atoms with Crippen LogP contribution in [-0.4, -0.2) is 16.1 Å². The van der Waals surface area contributed by atoms with Crippen molar-refractivity contribution in [3.63, 3.8) is 0 Å². The molecule has 1 aromatic rings. The lowest BCUT2D eigenvalue weighted by Gasteiger charge is -2.20. The molecular formula is C10H13NO2. The van der Waals surface area contributed by atoms with Gasteiger partial charge in [0, 0.05) is 12.4 Å². The minimum Gasteiger partial charge on any atom is -0.481 e. The molecule has 13 heavy (non-hydrogen) atoms. The molecule has 0 aliphatic carbocycles. The van der Waals surface area contributed by atoms with Crippen LogP contribution in [0.1, 0.15) is 25.0 Å². The number of hydrogen-bond donors (Lipinski definition) is 1. The van der Waals surface area contributed by atoms with E-state index in [1.54, 1.807) is 26.2 Å².